The summed E-state index contributed by atoms with van der Waals surface area (Å²) in [6.07, 6.45) is 2.80. The van der Waals surface area contributed by atoms with Crippen molar-refractivity contribution in [3.63, 3.8) is 0 Å². The monoisotopic (exact) mass is 385 g/mol. The highest BCUT2D eigenvalue weighted by molar-refractivity contribution is 5.92. The van der Waals surface area contributed by atoms with Gasteiger partial charge < -0.3 is 10.2 Å². The van der Waals surface area contributed by atoms with E-state index in [4.69, 9.17) is 0 Å². The molecule has 1 heterocycles. The van der Waals surface area contributed by atoms with Crippen LogP contribution in [0.25, 0.3) is 0 Å². The molecule has 1 fully saturated rings. The van der Waals surface area contributed by atoms with Crippen LogP contribution in [0.4, 0.5) is 18.9 Å². The molecule has 8 heteroatoms. The summed E-state index contributed by atoms with van der Waals surface area (Å²) in [5.74, 6) is -4.56. The van der Waals surface area contributed by atoms with Crippen molar-refractivity contribution in [2.75, 3.05) is 38.0 Å². The van der Waals surface area contributed by atoms with Crippen LogP contribution in [0.5, 0.6) is 0 Å². The van der Waals surface area contributed by atoms with Crippen molar-refractivity contribution in [3.05, 3.63) is 29.6 Å². The highest BCUT2D eigenvalue weighted by atomic mass is 19.2. The third kappa shape index (κ3) is 5.95. The van der Waals surface area contributed by atoms with Gasteiger partial charge in [-0.15, -0.1) is 0 Å². The fraction of sp³-hybridized carbons (Fsp3) is 0.579. The fourth-order valence-electron chi connectivity index (χ4n) is 3.25. The maximum atomic E-state index is 13.7. The van der Waals surface area contributed by atoms with Gasteiger partial charge in [0, 0.05) is 13.1 Å². The van der Waals surface area contributed by atoms with Crippen molar-refractivity contribution < 1.29 is 22.8 Å². The summed E-state index contributed by atoms with van der Waals surface area (Å²) < 4.78 is 39.9. The third-order valence-electron chi connectivity index (χ3n) is 4.58. The van der Waals surface area contributed by atoms with Crippen LogP contribution in [0, 0.1) is 23.4 Å². The van der Waals surface area contributed by atoms with Gasteiger partial charge in [0.2, 0.25) is 11.8 Å². The van der Waals surface area contributed by atoms with Crippen LogP contribution < -0.4 is 5.32 Å². The van der Waals surface area contributed by atoms with Gasteiger partial charge >= 0.3 is 0 Å². The van der Waals surface area contributed by atoms with E-state index in [-0.39, 0.29) is 19.0 Å². The van der Waals surface area contributed by atoms with Crippen molar-refractivity contribution in [1.29, 1.82) is 0 Å². The summed E-state index contributed by atoms with van der Waals surface area (Å²) in [4.78, 5) is 28.2. The van der Waals surface area contributed by atoms with Crippen LogP contribution in [-0.4, -0.2) is 54.3 Å². The Morgan fingerprint density at radius 2 is 1.96 bits per heavy atom. The van der Waals surface area contributed by atoms with Gasteiger partial charge in [-0.2, -0.15) is 0 Å². The van der Waals surface area contributed by atoms with Gasteiger partial charge in [0.25, 0.3) is 0 Å². The molecule has 0 spiro atoms. The molecule has 1 aromatic rings. The number of benzene rings is 1. The molecule has 0 aliphatic carbocycles. The van der Waals surface area contributed by atoms with Gasteiger partial charge in [-0.25, -0.2) is 13.2 Å². The molecule has 1 aliphatic rings. The average Bonchev–Trinajstić information content (AvgIpc) is 2.62. The molecule has 1 atom stereocenters. The lowest BCUT2D eigenvalue weighted by molar-refractivity contribution is -0.134. The van der Waals surface area contributed by atoms with E-state index in [2.05, 4.69) is 12.2 Å². The van der Waals surface area contributed by atoms with Crippen LogP contribution in [0.2, 0.25) is 0 Å². The number of piperidine rings is 1. The summed E-state index contributed by atoms with van der Waals surface area (Å²) in [6, 6.07) is 1.72. The number of likely N-dealkylation sites (tertiary alicyclic amines) is 1. The minimum absolute atomic E-state index is 0.0400. The topological polar surface area (TPSA) is 52.7 Å². The minimum Gasteiger partial charge on any atom is -0.341 e. The lowest BCUT2D eigenvalue weighted by Gasteiger charge is -2.32. The summed E-state index contributed by atoms with van der Waals surface area (Å²) in [5, 5.41) is 2.24. The highest BCUT2D eigenvalue weighted by Gasteiger charge is 2.23. The van der Waals surface area contributed by atoms with Crippen molar-refractivity contribution in [1.82, 2.24) is 9.80 Å². The Morgan fingerprint density at radius 3 is 2.63 bits per heavy atom. The lowest BCUT2D eigenvalue weighted by atomic mass is 10.0. The molecule has 1 unspecified atom stereocenters. The highest BCUT2D eigenvalue weighted by Crippen LogP contribution is 2.19. The quantitative estimate of drug-likeness (QED) is 0.734. The number of nitrogens with zero attached hydrogens (tertiary/aromatic N) is 2. The number of carbonyl (C=O) groups is 2. The van der Waals surface area contributed by atoms with E-state index in [1.807, 2.05) is 11.8 Å². The molecule has 2 amide bonds. The molecule has 0 aromatic heterocycles. The summed E-state index contributed by atoms with van der Waals surface area (Å²) in [6.45, 7) is 5.93. The van der Waals surface area contributed by atoms with Gasteiger partial charge in [-0.05, 0) is 43.9 Å². The molecule has 0 radical (unpaired) electrons. The zero-order chi connectivity index (χ0) is 20.0. The van der Waals surface area contributed by atoms with Gasteiger partial charge in [0.05, 0.1) is 18.8 Å². The van der Waals surface area contributed by atoms with Crippen molar-refractivity contribution in [3.8, 4) is 0 Å². The van der Waals surface area contributed by atoms with E-state index >= 15 is 0 Å². The van der Waals surface area contributed by atoms with E-state index in [0.717, 1.165) is 37.9 Å². The normalized spacial score (nSPS) is 17.3. The van der Waals surface area contributed by atoms with Crippen molar-refractivity contribution in [2.24, 2.45) is 5.92 Å². The fourth-order valence-corrected chi connectivity index (χ4v) is 3.25. The van der Waals surface area contributed by atoms with Crippen LogP contribution in [0.3, 0.4) is 0 Å². The van der Waals surface area contributed by atoms with Crippen LogP contribution >= 0.6 is 0 Å². The Hall–Kier alpha value is -2.09. The van der Waals surface area contributed by atoms with Crippen LogP contribution in [0.15, 0.2) is 12.1 Å². The van der Waals surface area contributed by atoms with E-state index in [1.165, 1.54) is 0 Å². The smallest absolute Gasteiger partial charge is 0.238 e. The number of rotatable bonds is 7. The number of amides is 2. The number of hydrogen-bond acceptors (Lipinski definition) is 3. The molecule has 27 heavy (non-hydrogen) atoms. The number of carbonyl (C=O) groups excluding carboxylic acids is 2. The predicted octanol–water partition coefficient (Wildman–Crippen LogP) is 3.01. The Morgan fingerprint density at radius 1 is 1.22 bits per heavy atom. The SMILES string of the molecule is CCCN(CC(=O)Nc1ccc(F)c(F)c1F)CC(=O)N1CCCC(C)C1. The zero-order valence-electron chi connectivity index (χ0n) is 15.7. The van der Waals surface area contributed by atoms with Crippen molar-refractivity contribution in [2.45, 2.75) is 33.1 Å². The number of nitrogens with one attached hydrogen (secondary N) is 1. The van der Waals surface area contributed by atoms with E-state index in [9.17, 15) is 22.8 Å². The molecule has 150 valence electrons. The first kappa shape index (κ1) is 21.2. The molecule has 1 saturated heterocycles. The molecule has 0 bridgehead atoms. The first-order chi connectivity index (χ1) is 12.8. The maximum Gasteiger partial charge on any atom is 0.238 e. The molecular formula is C19H26F3N3O2. The number of hydrogen-bond donors (Lipinski definition) is 1. The molecule has 1 N–H and O–H groups in total. The molecule has 2 rings (SSSR count). The zero-order valence-corrected chi connectivity index (χ0v) is 15.7. The summed E-state index contributed by atoms with van der Waals surface area (Å²) >= 11 is 0. The number of anilines is 1. The molecular weight excluding hydrogens is 359 g/mol. The Balaban J connectivity index is 1.95. The Kier molecular flexibility index (Phi) is 7.65. The molecule has 1 aromatic carbocycles. The average molecular weight is 385 g/mol. The van der Waals surface area contributed by atoms with Crippen LogP contribution in [0.1, 0.15) is 33.1 Å². The second-order valence-electron chi connectivity index (χ2n) is 7.07. The van der Waals surface area contributed by atoms with Gasteiger partial charge in [-0.3, -0.25) is 14.5 Å². The largest absolute Gasteiger partial charge is 0.341 e. The summed E-state index contributed by atoms with van der Waals surface area (Å²) in [7, 11) is 0. The second kappa shape index (κ2) is 9.73. The molecule has 1 aliphatic heterocycles. The van der Waals surface area contributed by atoms with Gasteiger partial charge in [0.1, 0.15) is 0 Å². The van der Waals surface area contributed by atoms with E-state index in [0.29, 0.717) is 19.0 Å². The van der Waals surface area contributed by atoms with Gasteiger partial charge in [0.15, 0.2) is 17.5 Å². The first-order valence-electron chi connectivity index (χ1n) is 9.25. The van der Waals surface area contributed by atoms with Crippen molar-refractivity contribution >= 4 is 17.5 Å². The standard InChI is InChI=1S/C19H26F3N3O2/c1-3-8-24(12-17(27)25-9-4-5-13(2)10-25)11-16(26)23-15-7-6-14(20)18(21)19(15)22/h6-7,13H,3-5,8-12H2,1-2H3,(H,23,26). The van der Waals surface area contributed by atoms with E-state index < -0.39 is 29.0 Å². The lowest BCUT2D eigenvalue weighted by Crippen LogP contribution is -2.46. The number of halogens is 3. The molecule has 0 saturated carbocycles. The Bertz CT molecular complexity index is 684. The molecule has 5 nitrogen and oxygen atoms in total. The maximum absolute atomic E-state index is 13.7. The first-order valence-corrected chi connectivity index (χ1v) is 9.25. The predicted molar refractivity (Wildman–Crippen MR) is 96.7 cm³/mol. The third-order valence-corrected chi connectivity index (χ3v) is 4.58. The van der Waals surface area contributed by atoms with Gasteiger partial charge in [-0.1, -0.05) is 13.8 Å². The summed E-state index contributed by atoms with van der Waals surface area (Å²) in [5.41, 5.74) is -0.425. The second-order valence-corrected chi connectivity index (χ2v) is 7.07. The van der Waals surface area contributed by atoms with E-state index in [1.54, 1.807) is 4.90 Å². The minimum atomic E-state index is -1.63. The Labute approximate surface area is 157 Å². The van der Waals surface area contributed by atoms with Crippen LogP contribution in [-0.2, 0) is 9.59 Å².